The summed E-state index contributed by atoms with van der Waals surface area (Å²) in [6.45, 7) is 8.68. The minimum absolute atomic E-state index is 0.124. The third-order valence-corrected chi connectivity index (χ3v) is 4.02. The average Bonchev–Trinajstić information content (AvgIpc) is 2.40. The number of hydrogen-bond acceptors (Lipinski definition) is 2. The van der Waals surface area contributed by atoms with Crippen molar-refractivity contribution in [2.75, 3.05) is 26.2 Å². The van der Waals surface area contributed by atoms with Crippen molar-refractivity contribution in [3.05, 3.63) is 35.6 Å². The summed E-state index contributed by atoms with van der Waals surface area (Å²) in [5.74, 6) is 0.436. The molecule has 1 aromatic rings. The lowest BCUT2D eigenvalue weighted by Crippen LogP contribution is -2.46. The van der Waals surface area contributed by atoms with Gasteiger partial charge in [-0.3, -0.25) is 4.90 Å². The molecule has 0 amide bonds. The number of hydrogen-bond donors (Lipinski definition) is 1. The molecule has 1 heterocycles. The van der Waals surface area contributed by atoms with E-state index in [1.54, 1.807) is 6.07 Å². The zero-order valence-electron chi connectivity index (χ0n) is 12.0. The average molecular weight is 264 g/mol. The molecule has 1 saturated heterocycles. The second-order valence-corrected chi connectivity index (χ2v) is 5.55. The van der Waals surface area contributed by atoms with Gasteiger partial charge in [0.25, 0.3) is 0 Å². The monoisotopic (exact) mass is 264 g/mol. The second-order valence-electron chi connectivity index (χ2n) is 5.55. The van der Waals surface area contributed by atoms with Gasteiger partial charge in [-0.1, -0.05) is 32.4 Å². The normalized spacial score (nSPS) is 20.2. The standard InChI is InChI=1S/C16H25FN2/c1-3-5-13(2)16(19-10-8-18-9-11-19)14-6-4-7-15(17)12-14/h4,6-7,12-13,16,18H,3,5,8-11H2,1-2H3/t13?,16-/m0/s1. The minimum Gasteiger partial charge on any atom is -0.314 e. The molecular weight excluding hydrogens is 239 g/mol. The van der Waals surface area contributed by atoms with Crippen LogP contribution in [0.15, 0.2) is 24.3 Å². The Hall–Kier alpha value is -0.930. The molecule has 1 aromatic carbocycles. The largest absolute Gasteiger partial charge is 0.314 e. The van der Waals surface area contributed by atoms with E-state index < -0.39 is 0 Å². The van der Waals surface area contributed by atoms with E-state index in [9.17, 15) is 4.39 Å². The smallest absolute Gasteiger partial charge is 0.123 e. The van der Waals surface area contributed by atoms with Gasteiger partial charge in [-0.15, -0.1) is 0 Å². The van der Waals surface area contributed by atoms with Crippen LogP contribution in [0.5, 0.6) is 0 Å². The van der Waals surface area contributed by atoms with Gasteiger partial charge in [0.15, 0.2) is 0 Å². The molecule has 0 saturated carbocycles. The lowest BCUT2D eigenvalue weighted by atomic mass is 9.89. The van der Waals surface area contributed by atoms with Crippen LogP contribution in [0, 0.1) is 11.7 Å². The predicted octanol–water partition coefficient (Wildman–Crippen LogP) is 3.21. The van der Waals surface area contributed by atoms with Crippen LogP contribution in [-0.4, -0.2) is 31.1 Å². The number of rotatable bonds is 5. The maximum Gasteiger partial charge on any atom is 0.123 e. The highest BCUT2D eigenvalue weighted by Gasteiger charge is 2.26. The number of piperazine rings is 1. The summed E-state index contributed by atoms with van der Waals surface area (Å²) in [5, 5.41) is 3.39. The summed E-state index contributed by atoms with van der Waals surface area (Å²) in [5.41, 5.74) is 1.13. The van der Waals surface area contributed by atoms with E-state index in [1.807, 2.05) is 6.07 Å². The van der Waals surface area contributed by atoms with Crippen LogP contribution >= 0.6 is 0 Å². The van der Waals surface area contributed by atoms with Crippen molar-refractivity contribution in [2.45, 2.75) is 32.7 Å². The van der Waals surface area contributed by atoms with Crippen LogP contribution in [0.4, 0.5) is 4.39 Å². The van der Waals surface area contributed by atoms with Gasteiger partial charge in [0.2, 0.25) is 0 Å². The van der Waals surface area contributed by atoms with Crippen molar-refractivity contribution >= 4 is 0 Å². The Morgan fingerprint density at radius 1 is 1.32 bits per heavy atom. The molecule has 1 N–H and O–H groups in total. The maximum atomic E-state index is 13.5. The second kappa shape index (κ2) is 7.01. The van der Waals surface area contributed by atoms with Crippen molar-refractivity contribution in [1.82, 2.24) is 10.2 Å². The van der Waals surface area contributed by atoms with Gasteiger partial charge in [0.05, 0.1) is 0 Å². The highest BCUT2D eigenvalue weighted by molar-refractivity contribution is 5.21. The van der Waals surface area contributed by atoms with E-state index in [2.05, 4.69) is 30.1 Å². The Labute approximate surface area is 116 Å². The van der Waals surface area contributed by atoms with E-state index in [0.29, 0.717) is 12.0 Å². The van der Waals surface area contributed by atoms with Crippen LogP contribution in [0.2, 0.25) is 0 Å². The minimum atomic E-state index is -0.124. The lowest BCUT2D eigenvalue weighted by molar-refractivity contribution is 0.126. The number of benzene rings is 1. The van der Waals surface area contributed by atoms with E-state index in [1.165, 1.54) is 18.9 Å². The van der Waals surface area contributed by atoms with Crippen molar-refractivity contribution < 1.29 is 4.39 Å². The number of halogens is 1. The van der Waals surface area contributed by atoms with Crippen LogP contribution < -0.4 is 5.32 Å². The highest BCUT2D eigenvalue weighted by atomic mass is 19.1. The first-order valence-electron chi connectivity index (χ1n) is 7.42. The van der Waals surface area contributed by atoms with Gasteiger partial charge in [0.1, 0.15) is 5.82 Å². The Kier molecular flexibility index (Phi) is 5.34. The Bertz CT molecular complexity index is 388. The number of nitrogens with zero attached hydrogens (tertiary/aromatic N) is 1. The Morgan fingerprint density at radius 2 is 2.05 bits per heavy atom. The first kappa shape index (κ1) is 14.5. The van der Waals surface area contributed by atoms with Crippen molar-refractivity contribution in [2.24, 2.45) is 5.92 Å². The fourth-order valence-electron chi connectivity index (χ4n) is 3.16. The zero-order chi connectivity index (χ0) is 13.7. The van der Waals surface area contributed by atoms with Crippen molar-refractivity contribution in [1.29, 1.82) is 0 Å². The Balaban J connectivity index is 2.22. The first-order chi connectivity index (χ1) is 9.22. The molecule has 1 aliphatic heterocycles. The molecule has 0 aliphatic carbocycles. The quantitative estimate of drug-likeness (QED) is 0.878. The summed E-state index contributed by atoms with van der Waals surface area (Å²) in [6, 6.07) is 7.49. The topological polar surface area (TPSA) is 15.3 Å². The molecule has 1 fully saturated rings. The highest BCUT2D eigenvalue weighted by Crippen LogP contribution is 2.32. The molecule has 2 nitrogen and oxygen atoms in total. The number of nitrogens with one attached hydrogen (secondary N) is 1. The molecule has 0 bridgehead atoms. The molecule has 0 radical (unpaired) electrons. The SMILES string of the molecule is CCCC(C)[C@@H](c1cccc(F)c1)N1CCNCC1. The van der Waals surface area contributed by atoms with Crippen molar-refractivity contribution in [3.8, 4) is 0 Å². The molecule has 2 atom stereocenters. The molecule has 19 heavy (non-hydrogen) atoms. The molecule has 0 aromatic heterocycles. The molecular formula is C16H25FN2. The molecule has 3 heteroatoms. The lowest BCUT2D eigenvalue weighted by Gasteiger charge is -2.38. The van der Waals surface area contributed by atoms with E-state index in [-0.39, 0.29) is 5.82 Å². The van der Waals surface area contributed by atoms with Crippen molar-refractivity contribution in [3.63, 3.8) is 0 Å². The summed E-state index contributed by atoms with van der Waals surface area (Å²) < 4.78 is 13.5. The van der Waals surface area contributed by atoms with Crippen LogP contribution in [0.1, 0.15) is 38.3 Å². The molecule has 1 unspecified atom stereocenters. The first-order valence-corrected chi connectivity index (χ1v) is 7.42. The maximum absolute atomic E-state index is 13.5. The van der Waals surface area contributed by atoms with Gasteiger partial charge in [-0.2, -0.15) is 0 Å². The third-order valence-electron chi connectivity index (χ3n) is 4.02. The van der Waals surface area contributed by atoms with Gasteiger partial charge in [0, 0.05) is 32.2 Å². The summed E-state index contributed by atoms with van der Waals surface area (Å²) >= 11 is 0. The molecule has 1 aliphatic rings. The van der Waals surface area contributed by atoms with E-state index in [0.717, 1.165) is 31.7 Å². The van der Waals surface area contributed by atoms with Crippen LogP contribution in [0.3, 0.4) is 0 Å². The van der Waals surface area contributed by atoms with Gasteiger partial charge < -0.3 is 5.32 Å². The Morgan fingerprint density at radius 3 is 2.68 bits per heavy atom. The summed E-state index contributed by atoms with van der Waals surface area (Å²) in [7, 11) is 0. The van der Waals surface area contributed by atoms with Gasteiger partial charge >= 0.3 is 0 Å². The van der Waals surface area contributed by atoms with Crippen LogP contribution in [0.25, 0.3) is 0 Å². The fourth-order valence-corrected chi connectivity index (χ4v) is 3.16. The molecule has 106 valence electrons. The third kappa shape index (κ3) is 3.77. The van der Waals surface area contributed by atoms with Gasteiger partial charge in [-0.25, -0.2) is 4.39 Å². The molecule has 0 spiro atoms. The van der Waals surface area contributed by atoms with E-state index >= 15 is 0 Å². The fraction of sp³-hybridized carbons (Fsp3) is 0.625. The van der Waals surface area contributed by atoms with Crippen LogP contribution in [-0.2, 0) is 0 Å². The van der Waals surface area contributed by atoms with Gasteiger partial charge in [-0.05, 0) is 30.0 Å². The predicted molar refractivity (Wildman–Crippen MR) is 77.7 cm³/mol. The molecule has 2 rings (SSSR count). The van der Waals surface area contributed by atoms with E-state index in [4.69, 9.17) is 0 Å². The summed E-state index contributed by atoms with van der Waals surface area (Å²) in [6.07, 6.45) is 2.37. The summed E-state index contributed by atoms with van der Waals surface area (Å²) in [4.78, 5) is 2.51. The zero-order valence-corrected chi connectivity index (χ0v) is 12.0.